The van der Waals surface area contributed by atoms with Gasteiger partial charge in [0, 0.05) is 25.2 Å². The average Bonchev–Trinajstić information content (AvgIpc) is 3.09. The van der Waals surface area contributed by atoms with Crippen molar-refractivity contribution in [2.24, 2.45) is 11.8 Å². The molecule has 0 aromatic rings. The van der Waals surface area contributed by atoms with Gasteiger partial charge in [-0.1, -0.05) is 148 Å². The fourth-order valence-electron chi connectivity index (χ4n) is 6.43. The Bertz CT molecular complexity index is 905. The number of esters is 2. The molecule has 6 atom stereocenters. The van der Waals surface area contributed by atoms with Crippen molar-refractivity contribution in [1.29, 1.82) is 0 Å². The van der Waals surface area contributed by atoms with Crippen LogP contribution in [0, 0.1) is 11.8 Å². The number of unbranched alkanes of at least 4 members (excludes halogenated alkanes) is 15. The zero-order valence-corrected chi connectivity index (χ0v) is 32.6. The van der Waals surface area contributed by atoms with Gasteiger partial charge in [-0.3, -0.25) is 9.59 Å². The van der Waals surface area contributed by atoms with Crippen LogP contribution in [-0.2, 0) is 23.8 Å². The summed E-state index contributed by atoms with van der Waals surface area (Å²) in [6.07, 6.45) is 27.2. The quantitative estimate of drug-likeness (QED) is 0.0305. The first-order valence-electron chi connectivity index (χ1n) is 20.6. The molecule has 9 heteroatoms. The van der Waals surface area contributed by atoms with Crippen LogP contribution in [-0.4, -0.2) is 76.3 Å². The average molecular weight is 725 g/mol. The highest BCUT2D eigenvalue weighted by Gasteiger charge is 2.35. The van der Waals surface area contributed by atoms with Crippen LogP contribution >= 0.6 is 0 Å². The molecule has 1 fully saturated rings. The molecule has 0 radical (unpaired) electrons. The van der Waals surface area contributed by atoms with Gasteiger partial charge < -0.3 is 34.6 Å². The van der Waals surface area contributed by atoms with Crippen molar-refractivity contribution in [3.05, 3.63) is 24.3 Å². The SMILES string of the molecule is CCCCC[C@H](O)/C=C/[C@H]1OC(O)C[C@H](O)[C@@H]1C/C=C\CCCC(=O)OC[C@@H](O)COC(=O)CCCCCCCCCCCCCCCC(C)C. The van der Waals surface area contributed by atoms with E-state index >= 15 is 0 Å². The first-order chi connectivity index (χ1) is 24.6. The van der Waals surface area contributed by atoms with Gasteiger partial charge >= 0.3 is 11.9 Å². The van der Waals surface area contributed by atoms with Crippen LogP contribution in [0.5, 0.6) is 0 Å². The van der Waals surface area contributed by atoms with Crippen molar-refractivity contribution in [3.63, 3.8) is 0 Å². The third-order valence-electron chi connectivity index (χ3n) is 9.66. The van der Waals surface area contributed by atoms with Crippen LogP contribution in [0.2, 0.25) is 0 Å². The molecule has 0 bridgehead atoms. The van der Waals surface area contributed by atoms with Crippen molar-refractivity contribution in [3.8, 4) is 0 Å². The van der Waals surface area contributed by atoms with Gasteiger partial charge in [-0.2, -0.15) is 0 Å². The number of carbonyl (C=O) groups is 2. The molecule has 4 N–H and O–H groups in total. The lowest BCUT2D eigenvalue weighted by Crippen LogP contribution is -2.43. The molecule has 1 unspecified atom stereocenters. The van der Waals surface area contributed by atoms with Crippen LogP contribution in [0.3, 0.4) is 0 Å². The molecule has 1 heterocycles. The first-order valence-corrected chi connectivity index (χ1v) is 20.6. The molecule has 51 heavy (non-hydrogen) atoms. The molecule has 1 aliphatic rings. The fraction of sp³-hybridized carbons (Fsp3) is 0.857. The highest BCUT2D eigenvalue weighted by molar-refractivity contribution is 5.69. The second-order valence-electron chi connectivity index (χ2n) is 15.1. The van der Waals surface area contributed by atoms with Crippen molar-refractivity contribution in [2.45, 2.75) is 206 Å². The maximum Gasteiger partial charge on any atom is 0.305 e. The molecule has 298 valence electrons. The molecule has 0 spiro atoms. The van der Waals surface area contributed by atoms with Crippen LogP contribution in [0.25, 0.3) is 0 Å². The van der Waals surface area contributed by atoms with E-state index < -0.39 is 36.7 Å². The number of carbonyl (C=O) groups excluding carboxylic acids is 2. The molecule has 9 nitrogen and oxygen atoms in total. The number of ether oxygens (including phenoxy) is 3. The third kappa shape index (κ3) is 27.5. The van der Waals surface area contributed by atoms with Gasteiger partial charge in [0.15, 0.2) is 6.29 Å². The molecule has 1 rings (SSSR count). The highest BCUT2D eigenvalue weighted by Crippen LogP contribution is 2.29. The molecular formula is C42H76O9. The molecule has 1 aliphatic heterocycles. The van der Waals surface area contributed by atoms with E-state index in [9.17, 15) is 30.0 Å². The van der Waals surface area contributed by atoms with Gasteiger partial charge in [-0.05, 0) is 38.0 Å². The third-order valence-corrected chi connectivity index (χ3v) is 9.66. The Morgan fingerprint density at radius 1 is 0.725 bits per heavy atom. The normalized spacial score (nSPS) is 20.7. The van der Waals surface area contributed by atoms with Gasteiger partial charge in [-0.25, -0.2) is 0 Å². The van der Waals surface area contributed by atoms with Gasteiger partial charge in [0.05, 0.1) is 18.3 Å². The molecule has 0 amide bonds. The maximum absolute atomic E-state index is 12.1. The van der Waals surface area contributed by atoms with E-state index in [1.54, 1.807) is 12.2 Å². The fourth-order valence-corrected chi connectivity index (χ4v) is 6.43. The minimum Gasteiger partial charge on any atom is -0.463 e. The van der Waals surface area contributed by atoms with E-state index in [1.165, 1.54) is 70.6 Å². The predicted molar refractivity (Wildman–Crippen MR) is 204 cm³/mol. The van der Waals surface area contributed by atoms with E-state index in [-0.39, 0.29) is 37.9 Å². The first kappa shape index (κ1) is 47.2. The largest absolute Gasteiger partial charge is 0.463 e. The number of hydrogen-bond donors (Lipinski definition) is 4. The lowest BCUT2D eigenvalue weighted by Gasteiger charge is -2.36. The van der Waals surface area contributed by atoms with Crippen LogP contribution in [0.15, 0.2) is 24.3 Å². The zero-order chi connectivity index (χ0) is 37.5. The Hall–Kier alpha value is -1.78. The summed E-state index contributed by atoms with van der Waals surface area (Å²) in [6, 6.07) is 0. The topological polar surface area (TPSA) is 143 Å². The maximum atomic E-state index is 12.1. The van der Waals surface area contributed by atoms with Gasteiger partial charge in [0.1, 0.15) is 19.3 Å². The summed E-state index contributed by atoms with van der Waals surface area (Å²) in [6.45, 7) is 6.31. The Kier molecular flexibility index (Phi) is 29.4. The number of allylic oxidation sites excluding steroid dienone is 2. The minimum atomic E-state index is -1.05. The van der Waals surface area contributed by atoms with E-state index in [1.807, 2.05) is 12.2 Å². The number of aliphatic hydroxyl groups excluding tert-OH is 4. The van der Waals surface area contributed by atoms with Gasteiger partial charge in [0.25, 0.3) is 0 Å². The molecule has 0 aromatic carbocycles. The Morgan fingerprint density at radius 2 is 1.25 bits per heavy atom. The molecular weight excluding hydrogens is 648 g/mol. The number of hydrogen-bond acceptors (Lipinski definition) is 9. The van der Waals surface area contributed by atoms with Crippen molar-refractivity contribution in [1.82, 2.24) is 0 Å². The van der Waals surface area contributed by atoms with Crippen LogP contribution in [0.1, 0.15) is 175 Å². The van der Waals surface area contributed by atoms with Crippen LogP contribution in [0.4, 0.5) is 0 Å². The molecule has 0 saturated carbocycles. The van der Waals surface area contributed by atoms with E-state index in [4.69, 9.17) is 14.2 Å². The number of aliphatic hydroxyl groups is 4. The van der Waals surface area contributed by atoms with Crippen molar-refractivity contribution < 1.29 is 44.2 Å². The second-order valence-corrected chi connectivity index (χ2v) is 15.1. The summed E-state index contributed by atoms with van der Waals surface area (Å²) in [5.41, 5.74) is 0. The monoisotopic (exact) mass is 725 g/mol. The van der Waals surface area contributed by atoms with E-state index in [0.29, 0.717) is 32.1 Å². The molecule has 1 saturated heterocycles. The summed E-state index contributed by atoms with van der Waals surface area (Å²) in [5.74, 6) is -0.174. The predicted octanol–water partition coefficient (Wildman–Crippen LogP) is 8.64. The summed E-state index contributed by atoms with van der Waals surface area (Å²) < 4.78 is 15.9. The van der Waals surface area contributed by atoms with Crippen molar-refractivity contribution in [2.75, 3.05) is 13.2 Å². The number of rotatable bonds is 32. The van der Waals surface area contributed by atoms with E-state index in [2.05, 4.69) is 20.8 Å². The van der Waals surface area contributed by atoms with E-state index in [0.717, 1.165) is 44.4 Å². The summed E-state index contributed by atoms with van der Waals surface area (Å²) in [5, 5.41) is 40.8. The highest BCUT2D eigenvalue weighted by atomic mass is 16.6. The zero-order valence-electron chi connectivity index (χ0n) is 32.6. The Morgan fingerprint density at radius 3 is 1.82 bits per heavy atom. The lowest BCUT2D eigenvalue weighted by atomic mass is 9.87. The van der Waals surface area contributed by atoms with Crippen LogP contribution < -0.4 is 0 Å². The second kappa shape index (κ2) is 31.7. The lowest BCUT2D eigenvalue weighted by molar-refractivity contribution is -0.199. The van der Waals surface area contributed by atoms with Gasteiger partial charge in [-0.15, -0.1) is 0 Å². The van der Waals surface area contributed by atoms with Crippen molar-refractivity contribution >= 4 is 11.9 Å². The summed E-state index contributed by atoms with van der Waals surface area (Å²) >= 11 is 0. The summed E-state index contributed by atoms with van der Waals surface area (Å²) in [4.78, 5) is 24.1. The molecule has 0 aromatic heterocycles. The Balaban J connectivity index is 2.05. The Labute approximate surface area is 310 Å². The van der Waals surface area contributed by atoms with Gasteiger partial charge in [0.2, 0.25) is 0 Å². The summed E-state index contributed by atoms with van der Waals surface area (Å²) in [7, 11) is 0. The minimum absolute atomic E-state index is 0.137. The molecule has 0 aliphatic carbocycles. The standard InChI is InChI=1S/C42H76O9/c1-4-5-19-25-35(43)29-30-39-37(38(45)31-42(48)51-39)26-21-17-18-23-28-41(47)50-33-36(44)32-49-40(46)27-22-16-14-12-10-8-6-7-9-11-13-15-20-24-34(2)3/h17,21,29-30,34-39,42-45,48H,4-16,18-20,22-28,31-33H2,1-3H3/b21-17-,30-29+/t35-,36-,37-,38-,39+,42?/m0/s1. The smallest absolute Gasteiger partial charge is 0.305 e.